The van der Waals surface area contributed by atoms with Gasteiger partial charge < -0.3 is 10.6 Å². The predicted molar refractivity (Wildman–Crippen MR) is 70.0 cm³/mol. The van der Waals surface area contributed by atoms with E-state index in [-0.39, 0.29) is 5.38 Å². The van der Waals surface area contributed by atoms with Gasteiger partial charge in [-0.1, -0.05) is 12.2 Å². The minimum absolute atomic E-state index is 0.00113. The SMILES string of the molecule is F/C=C/CNCNC1=C/N/C=C/CC(Cl)\C=C\1. The number of nitrogens with one attached hydrogen (secondary N) is 3. The smallest absolute Gasteiger partial charge is 0.0839 e. The molecule has 0 saturated heterocycles. The molecule has 0 saturated carbocycles. The van der Waals surface area contributed by atoms with Gasteiger partial charge in [0.25, 0.3) is 0 Å². The van der Waals surface area contributed by atoms with Crippen LogP contribution in [-0.2, 0) is 0 Å². The third kappa shape index (κ3) is 6.81. The van der Waals surface area contributed by atoms with Gasteiger partial charge in [-0.15, -0.1) is 11.6 Å². The van der Waals surface area contributed by atoms with E-state index in [9.17, 15) is 4.39 Å². The lowest BCUT2D eigenvalue weighted by molar-refractivity contribution is 0.666. The molecule has 3 N–H and O–H groups in total. The molecule has 1 aliphatic heterocycles. The Kier molecular flexibility index (Phi) is 7.18. The predicted octanol–water partition coefficient (Wildman–Crippen LogP) is 2.12. The Morgan fingerprint density at radius 2 is 2.47 bits per heavy atom. The van der Waals surface area contributed by atoms with E-state index in [1.165, 1.54) is 6.08 Å². The molecule has 5 heteroatoms. The second kappa shape index (κ2) is 8.84. The summed E-state index contributed by atoms with van der Waals surface area (Å²) in [5.41, 5.74) is 0.916. The Bertz CT molecular complexity index is 324. The highest BCUT2D eigenvalue weighted by Crippen LogP contribution is 2.07. The third-order valence-corrected chi connectivity index (χ3v) is 2.39. The molecule has 0 amide bonds. The number of rotatable bonds is 5. The standard InChI is InChI=1S/C12H17ClFN3/c13-11-3-1-7-15-9-12(5-4-11)17-10-16-8-2-6-14/h1-2,4-7,9,11,15-17H,3,8,10H2/b5-4+,6-2+,7-1+,12-9+. The molecule has 0 aromatic heterocycles. The Hall–Kier alpha value is -1.26. The quantitative estimate of drug-likeness (QED) is 0.401. The van der Waals surface area contributed by atoms with Crippen LogP contribution in [0, 0.1) is 0 Å². The van der Waals surface area contributed by atoms with E-state index in [4.69, 9.17) is 11.6 Å². The van der Waals surface area contributed by atoms with E-state index in [2.05, 4.69) is 16.0 Å². The van der Waals surface area contributed by atoms with Crippen molar-refractivity contribution in [1.29, 1.82) is 0 Å². The summed E-state index contributed by atoms with van der Waals surface area (Å²) >= 11 is 6.05. The van der Waals surface area contributed by atoms with Crippen LogP contribution in [0.15, 0.2) is 48.7 Å². The van der Waals surface area contributed by atoms with Gasteiger partial charge >= 0.3 is 0 Å². The lowest BCUT2D eigenvalue weighted by Gasteiger charge is -2.07. The first-order valence-corrected chi connectivity index (χ1v) is 5.90. The minimum Gasteiger partial charge on any atom is -0.371 e. The second-order valence-corrected chi connectivity index (χ2v) is 4.01. The topological polar surface area (TPSA) is 36.1 Å². The first-order chi connectivity index (χ1) is 8.33. The molecule has 0 spiro atoms. The van der Waals surface area contributed by atoms with Gasteiger partial charge in [0.2, 0.25) is 0 Å². The maximum atomic E-state index is 11.7. The normalized spacial score (nSPS) is 27.2. The molecule has 1 unspecified atom stereocenters. The lowest BCUT2D eigenvalue weighted by Crippen LogP contribution is -2.28. The van der Waals surface area contributed by atoms with Crippen molar-refractivity contribution in [2.75, 3.05) is 13.2 Å². The molecule has 0 aromatic rings. The molecule has 1 rings (SSSR count). The van der Waals surface area contributed by atoms with Crippen molar-refractivity contribution in [2.24, 2.45) is 0 Å². The first kappa shape index (κ1) is 13.8. The molecule has 0 bridgehead atoms. The summed E-state index contributed by atoms with van der Waals surface area (Å²) in [6.45, 7) is 1.05. The van der Waals surface area contributed by atoms with Crippen molar-refractivity contribution < 1.29 is 4.39 Å². The molecule has 17 heavy (non-hydrogen) atoms. The summed E-state index contributed by atoms with van der Waals surface area (Å²) in [6.07, 6.45) is 12.3. The van der Waals surface area contributed by atoms with Crippen molar-refractivity contribution in [2.45, 2.75) is 11.8 Å². The summed E-state index contributed by atoms with van der Waals surface area (Å²) in [7, 11) is 0. The minimum atomic E-state index is -0.00113. The van der Waals surface area contributed by atoms with Gasteiger partial charge in [-0.2, -0.15) is 0 Å². The number of hydrogen-bond acceptors (Lipinski definition) is 3. The van der Waals surface area contributed by atoms with Crippen LogP contribution in [0.25, 0.3) is 0 Å². The van der Waals surface area contributed by atoms with Crippen molar-refractivity contribution in [1.82, 2.24) is 16.0 Å². The Labute approximate surface area is 106 Å². The van der Waals surface area contributed by atoms with E-state index < -0.39 is 0 Å². The van der Waals surface area contributed by atoms with E-state index in [0.717, 1.165) is 12.1 Å². The zero-order valence-electron chi connectivity index (χ0n) is 9.50. The van der Waals surface area contributed by atoms with Gasteiger partial charge in [0.15, 0.2) is 0 Å². The van der Waals surface area contributed by atoms with E-state index in [0.29, 0.717) is 19.5 Å². The molecule has 1 aliphatic rings. The maximum Gasteiger partial charge on any atom is 0.0839 e. The molecule has 0 aromatic carbocycles. The maximum absolute atomic E-state index is 11.7. The number of allylic oxidation sites excluding steroid dienone is 3. The Balaban J connectivity index is 2.36. The monoisotopic (exact) mass is 257 g/mol. The van der Waals surface area contributed by atoms with Gasteiger partial charge in [0, 0.05) is 12.7 Å². The summed E-state index contributed by atoms with van der Waals surface area (Å²) in [4.78, 5) is 0. The Morgan fingerprint density at radius 1 is 1.59 bits per heavy atom. The molecule has 1 heterocycles. The van der Waals surface area contributed by atoms with Gasteiger partial charge in [-0.3, -0.25) is 5.32 Å². The third-order valence-electron chi connectivity index (χ3n) is 2.07. The van der Waals surface area contributed by atoms with Crippen LogP contribution in [0.1, 0.15) is 6.42 Å². The van der Waals surface area contributed by atoms with Crippen LogP contribution in [-0.4, -0.2) is 18.6 Å². The van der Waals surface area contributed by atoms with E-state index >= 15 is 0 Å². The van der Waals surface area contributed by atoms with E-state index in [1.54, 1.807) is 0 Å². The largest absolute Gasteiger partial charge is 0.371 e. The van der Waals surface area contributed by atoms with Crippen molar-refractivity contribution in [3.05, 3.63) is 48.7 Å². The number of halogens is 2. The summed E-state index contributed by atoms with van der Waals surface area (Å²) in [5.74, 6) is 0. The van der Waals surface area contributed by atoms with Crippen molar-refractivity contribution in [3.8, 4) is 0 Å². The molecule has 3 nitrogen and oxygen atoms in total. The summed E-state index contributed by atoms with van der Waals surface area (Å²) in [5, 5.41) is 9.19. The summed E-state index contributed by atoms with van der Waals surface area (Å²) < 4.78 is 11.7. The van der Waals surface area contributed by atoms with Crippen LogP contribution >= 0.6 is 11.6 Å². The van der Waals surface area contributed by atoms with Crippen LogP contribution < -0.4 is 16.0 Å². The molecule has 94 valence electrons. The van der Waals surface area contributed by atoms with Crippen LogP contribution in [0.4, 0.5) is 4.39 Å². The molecule has 0 radical (unpaired) electrons. The van der Waals surface area contributed by atoms with Gasteiger partial charge in [-0.05, 0) is 24.8 Å². The average Bonchev–Trinajstić information content (AvgIpc) is 2.42. The highest BCUT2D eigenvalue weighted by molar-refractivity contribution is 6.21. The highest BCUT2D eigenvalue weighted by atomic mass is 35.5. The molecular formula is C12H17ClFN3. The van der Waals surface area contributed by atoms with Gasteiger partial charge in [0.1, 0.15) is 0 Å². The lowest BCUT2D eigenvalue weighted by atomic mass is 10.2. The van der Waals surface area contributed by atoms with Crippen LogP contribution in [0.2, 0.25) is 0 Å². The zero-order valence-corrected chi connectivity index (χ0v) is 10.3. The molecular weight excluding hydrogens is 241 g/mol. The summed E-state index contributed by atoms with van der Waals surface area (Å²) in [6, 6.07) is 0. The molecule has 0 fully saturated rings. The number of hydrogen-bond donors (Lipinski definition) is 3. The van der Waals surface area contributed by atoms with E-state index in [1.807, 2.05) is 30.6 Å². The van der Waals surface area contributed by atoms with Crippen molar-refractivity contribution in [3.63, 3.8) is 0 Å². The fraction of sp³-hybridized carbons (Fsp3) is 0.333. The molecule has 0 aliphatic carbocycles. The average molecular weight is 258 g/mol. The van der Waals surface area contributed by atoms with Crippen LogP contribution in [0.5, 0.6) is 0 Å². The fourth-order valence-corrected chi connectivity index (χ4v) is 1.39. The second-order valence-electron chi connectivity index (χ2n) is 3.45. The van der Waals surface area contributed by atoms with Crippen molar-refractivity contribution >= 4 is 11.6 Å². The highest BCUT2D eigenvalue weighted by Gasteiger charge is 1.98. The fourth-order valence-electron chi connectivity index (χ4n) is 1.21. The van der Waals surface area contributed by atoms with Gasteiger partial charge in [-0.25, -0.2) is 4.39 Å². The zero-order chi connectivity index (χ0) is 12.3. The van der Waals surface area contributed by atoms with Crippen LogP contribution in [0.3, 0.4) is 0 Å². The molecule has 1 atom stereocenters. The Morgan fingerprint density at radius 3 is 3.29 bits per heavy atom. The first-order valence-electron chi connectivity index (χ1n) is 5.46. The number of alkyl halides is 1. The van der Waals surface area contributed by atoms with Gasteiger partial charge in [0.05, 0.1) is 24.1 Å².